The van der Waals surface area contributed by atoms with Crippen molar-refractivity contribution in [2.75, 3.05) is 25.9 Å². The monoisotopic (exact) mass is 256 g/mol. The molecule has 1 aliphatic carbocycles. The molecule has 0 aromatic heterocycles. The average molecular weight is 256 g/mol. The third kappa shape index (κ3) is 3.87. The molecule has 1 heterocycles. The van der Waals surface area contributed by atoms with Crippen molar-refractivity contribution in [2.24, 2.45) is 0 Å². The van der Waals surface area contributed by atoms with Gasteiger partial charge in [-0.05, 0) is 65.3 Å². The van der Waals surface area contributed by atoms with Gasteiger partial charge in [-0.15, -0.1) is 0 Å². The third-order valence-electron chi connectivity index (χ3n) is 4.45. The topological polar surface area (TPSA) is 15.3 Å². The Morgan fingerprint density at radius 2 is 2.06 bits per heavy atom. The van der Waals surface area contributed by atoms with Gasteiger partial charge in [0.2, 0.25) is 0 Å². The smallest absolute Gasteiger partial charge is 0.0282 e. The first-order valence-corrected chi connectivity index (χ1v) is 8.40. The van der Waals surface area contributed by atoms with Crippen LogP contribution in [0.4, 0.5) is 0 Å². The lowest BCUT2D eigenvalue weighted by Crippen LogP contribution is -2.37. The van der Waals surface area contributed by atoms with Gasteiger partial charge in [0.1, 0.15) is 0 Å². The van der Waals surface area contributed by atoms with Gasteiger partial charge in [-0.2, -0.15) is 11.8 Å². The predicted octanol–water partition coefficient (Wildman–Crippen LogP) is 2.73. The standard InChI is InChI=1S/C14H28N2S/c1-12(2)16-9-4-5-13(6-10-16)15-11-14(17-3)7-8-14/h12-13,15H,4-11H2,1-3H3. The van der Waals surface area contributed by atoms with Crippen LogP contribution in [0, 0.1) is 0 Å². The van der Waals surface area contributed by atoms with E-state index in [1.54, 1.807) is 0 Å². The summed E-state index contributed by atoms with van der Waals surface area (Å²) in [5.41, 5.74) is 0. The minimum absolute atomic E-state index is 0.615. The average Bonchev–Trinajstić information content (AvgIpc) is 3.11. The molecule has 0 aromatic rings. The molecule has 2 fully saturated rings. The molecule has 100 valence electrons. The first-order valence-electron chi connectivity index (χ1n) is 7.18. The maximum atomic E-state index is 3.83. The molecule has 2 rings (SSSR count). The molecule has 0 aromatic carbocycles. The van der Waals surface area contributed by atoms with E-state index < -0.39 is 0 Å². The van der Waals surface area contributed by atoms with Crippen LogP contribution in [0.15, 0.2) is 0 Å². The summed E-state index contributed by atoms with van der Waals surface area (Å²) in [6, 6.07) is 1.48. The van der Waals surface area contributed by atoms with Gasteiger partial charge < -0.3 is 10.2 Å². The second-order valence-corrected chi connectivity index (χ2v) is 7.30. The summed E-state index contributed by atoms with van der Waals surface area (Å²) < 4.78 is 0.615. The molecule has 0 radical (unpaired) electrons. The summed E-state index contributed by atoms with van der Waals surface area (Å²) in [6.45, 7) is 8.45. The second kappa shape index (κ2) is 5.94. The molecule has 0 spiro atoms. The Morgan fingerprint density at radius 3 is 2.65 bits per heavy atom. The molecule has 3 heteroatoms. The van der Waals surface area contributed by atoms with Gasteiger partial charge in [0.05, 0.1) is 0 Å². The fourth-order valence-electron chi connectivity index (χ4n) is 2.76. The van der Waals surface area contributed by atoms with Crippen LogP contribution in [0.2, 0.25) is 0 Å². The molecule has 1 saturated carbocycles. The number of nitrogens with one attached hydrogen (secondary N) is 1. The zero-order valence-corrected chi connectivity index (χ0v) is 12.5. The highest BCUT2D eigenvalue weighted by molar-refractivity contribution is 8.00. The van der Waals surface area contributed by atoms with E-state index in [-0.39, 0.29) is 0 Å². The Hall–Kier alpha value is 0.270. The number of rotatable bonds is 5. The molecule has 0 bridgehead atoms. The van der Waals surface area contributed by atoms with E-state index in [9.17, 15) is 0 Å². The molecule has 0 amide bonds. The van der Waals surface area contributed by atoms with Crippen LogP contribution < -0.4 is 5.32 Å². The van der Waals surface area contributed by atoms with E-state index in [0.717, 1.165) is 12.1 Å². The van der Waals surface area contributed by atoms with Gasteiger partial charge >= 0.3 is 0 Å². The fraction of sp³-hybridized carbons (Fsp3) is 1.00. The van der Waals surface area contributed by atoms with Gasteiger partial charge in [0.15, 0.2) is 0 Å². The van der Waals surface area contributed by atoms with Crippen LogP contribution in [-0.4, -0.2) is 47.6 Å². The quantitative estimate of drug-likeness (QED) is 0.814. The summed E-state index contributed by atoms with van der Waals surface area (Å²) in [5.74, 6) is 0. The fourth-order valence-corrected chi connectivity index (χ4v) is 3.50. The lowest BCUT2D eigenvalue weighted by molar-refractivity contribution is 0.229. The Labute approximate surface area is 111 Å². The van der Waals surface area contributed by atoms with Crippen molar-refractivity contribution in [2.45, 2.75) is 62.8 Å². The summed E-state index contributed by atoms with van der Waals surface area (Å²) in [5, 5.41) is 3.83. The van der Waals surface area contributed by atoms with Gasteiger partial charge in [0, 0.05) is 23.4 Å². The minimum Gasteiger partial charge on any atom is -0.313 e. The molecule has 1 unspecified atom stereocenters. The van der Waals surface area contributed by atoms with E-state index in [0.29, 0.717) is 4.75 Å². The SMILES string of the molecule is CSC1(CNC2CCCN(C(C)C)CC2)CC1. The van der Waals surface area contributed by atoms with E-state index in [2.05, 4.69) is 42.1 Å². The largest absolute Gasteiger partial charge is 0.313 e. The van der Waals surface area contributed by atoms with Crippen molar-refractivity contribution >= 4 is 11.8 Å². The van der Waals surface area contributed by atoms with Gasteiger partial charge in [-0.25, -0.2) is 0 Å². The number of thioether (sulfide) groups is 1. The zero-order valence-electron chi connectivity index (χ0n) is 11.7. The highest BCUT2D eigenvalue weighted by Crippen LogP contribution is 2.46. The Balaban J connectivity index is 1.71. The van der Waals surface area contributed by atoms with Gasteiger partial charge in [-0.1, -0.05) is 0 Å². The summed E-state index contributed by atoms with van der Waals surface area (Å²) in [6.07, 6.45) is 9.18. The van der Waals surface area contributed by atoms with Crippen molar-refractivity contribution in [3.63, 3.8) is 0 Å². The first-order chi connectivity index (χ1) is 8.15. The van der Waals surface area contributed by atoms with Gasteiger partial charge in [-0.3, -0.25) is 0 Å². The molecule has 2 aliphatic rings. The molecular weight excluding hydrogens is 228 g/mol. The molecule has 1 aliphatic heterocycles. The van der Waals surface area contributed by atoms with Crippen LogP contribution >= 0.6 is 11.8 Å². The molecule has 1 atom stereocenters. The maximum Gasteiger partial charge on any atom is 0.0282 e. The van der Waals surface area contributed by atoms with Crippen molar-refractivity contribution in [1.82, 2.24) is 10.2 Å². The molecule has 2 nitrogen and oxygen atoms in total. The molecule has 1 N–H and O–H groups in total. The van der Waals surface area contributed by atoms with Crippen LogP contribution in [-0.2, 0) is 0 Å². The van der Waals surface area contributed by atoms with E-state index in [4.69, 9.17) is 0 Å². The second-order valence-electron chi connectivity index (χ2n) is 6.03. The third-order valence-corrected chi connectivity index (χ3v) is 5.87. The Kier molecular flexibility index (Phi) is 4.79. The summed E-state index contributed by atoms with van der Waals surface area (Å²) in [4.78, 5) is 2.63. The van der Waals surface area contributed by atoms with Crippen LogP contribution in [0.1, 0.15) is 46.0 Å². The van der Waals surface area contributed by atoms with Crippen LogP contribution in [0.25, 0.3) is 0 Å². The Bertz CT molecular complexity index is 238. The van der Waals surface area contributed by atoms with Crippen molar-refractivity contribution < 1.29 is 0 Å². The Morgan fingerprint density at radius 1 is 1.29 bits per heavy atom. The number of hydrogen-bond donors (Lipinski definition) is 1. The summed E-state index contributed by atoms with van der Waals surface area (Å²) in [7, 11) is 0. The molecular formula is C14H28N2S. The van der Waals surface area contributed by atoms with Crippen LogP contribution in [0.5, 0.6) is 0 Å². The molecule has 1 saturated heterocycles. The van der Waals surface area contributed by atoms with E-state index in [1.165, 1.54) is 51.7 Å². The first kappa shape index (κ1) is 13.7. The zero-order chi connectivity index (χ0) is 12.3. The van der Waals surface area contributed by atoms with Crippen molar-refractivity contribution in [3.05, 3.63) is 0 Å². The predicted molar refractivity (Wildman–Crippen MR) is 77.8 cm³/mol. The lowest BCUT2D eigenvalue weighted by Gasteiger charge is -2.24. The van der Waals surface area contributed by atoms with Crippen molar-refractivity contribution in [3.8, 4) is 0 Å². The van der Waals surface area contributed by atoms with Gasteiger partial charge in [0.25, 0.3) is 0 Å². The number of nitrogens with zero attached hydrogens (tertiary/aromatic N) is 1. The normalized spacial score (nSPS) is 29.3. The molecule has 17 heavy (non-hydrogen) atoms. The number of hydrogen-bond acceptors (Lipinski definition) is 3. The summed E-state index contributed by atoms with van der Waals surface area (Å²) >= 11 is 2.06. The highest BCUT2D eigenvalue weighted by Gasteiger charge is 2.41. The highest BCUT2D eigenvalue weighted by atomic mass is 32.2. The minimum atomic E-state index is 0.615. The lowest BCUT2D eigenvalue weighted by atomic mass is 10.1. The van der Waals surface area contributed by atoms with Crippen molar-refractivity contribution in [1.29, 1.82) is 0 Å². The van der Waals surface area contributed by atoms with E-state index >= 15 is 0 Å². The number of likely N-dealkylation sites (tertiary alicyclic amines) is 1. The van der Waals surface area contributed by atoms with Crippen LogP contribution in [0.3, 0.4) is 0 Å². The van der Waals surface area contributed by atoms with E-state index in [1.807, 2.05) is 0 Å². The maximum absolute atomic E-state index is 3.83.